The van der Waals surface area contributed by atoms with Crippen molar-refractivity contribution in [2.24, 2.45) is 22.9 Å². The number of aromatic nitrogens is 1. The molecule has 2 aliphatic heterocycles. The van der Waals surface area contributed by atoms with Gasteiger partial charge in [-0.2, -0.15) is 0 Å². The molecule has 1 aromatic heterocycles. The number of unbranched alkanes of at least 4 members (excludes halogenated alkanes) is 2. The molecule has 42 nitrogen and oxygen atoms in total. The smallest absolute Gasteiger partial charge is 0.328 e. The fourth-order valence-corrected chi connectivity index (χ4v) is 16.3. The maximum absolute atomic E-state index is 15.4. The lowest BCUT2D eigenvalue weighted by molar-refractivity contribution is -0.142. The number of nitrogens with two attached hydrogens (primary N) is 4. The highest BCUT2D eigenvalue weighted by Crippen LogP contribution is 2.31. The average molecular weight is 1870 g/mol. The molecule has 28 N–H and O–H groups in total. The van der Waals surface area contributed by atoms with E-state index in [0.29, 0.717) is 51.6 Å². The van der Waals surface area contributed by atoms with Gasteiger partial charge in [0, 0.05) is 54.3 Å². The van der Waals surface area contributed by atoms with Crippen molar-refractivity contribution >= 4 is 139 Å². The molecule has 2 aliphatic rings. The Hall–Kier alpha value is -13.2. The summed E-state index contributed by atoms with van der Waals surface area (Å²) >= 11 is 0. The lowest BCUT2D eigenvalue weighted by Gasteiger charge is -2.33. The molecule has 2 fully saturated rings. The van der Waals surface area contributed by atoms with E-state index in [1.165, 1.54) is 6.92 Å². The van der Waals surface area contributed by atoms with Gasteiger partial charge >= 0.3 is 12.0 Å². The number of para-hydroxylation sites is 1. The van der Waals surface area contributed by atoms with Crippen molar-refractivity contribution in [2.75, 3.05) is 37.7 Å². The van der Waals surface area contributed by atoms with Gasteiger partial charge in [0.25, 0.3) is 0 Å². The number of imide groups is 2. The zero-order valence-corrected chi connectivity index (χ0v) is 74.7. The zero-order valence-electron chi connectivity index (χ0n) is 73.1. The van der Waals surface area contributed by atoms with Crippen LogP contribution in [0.4, 0.5) is 4.79 Å². The van der Waals surface area contributed by atoms with Crippen LogP contribution in [-0.2, 0) is 113 Å². The van der Waals surface area contributed by atoms with Gasteiger partial charge in [-0.05, 0) is 113 Å². The summed E-state index contributed by atoms with van der Waals surface area (Å²) in [5, 5.41) is 80.4. The highest BCUT2D eigenvalue weighted by molar-refractivity contribution is 8.76. The first-order valence-electron chi connectivity index (χ1n) is 42.7. The highest BCUT2D eigenvalue weighted by atomic mass is 33.1. The van der Waals surface area contributed by atoms with E-state index in [2.05, 4.69) is 84.7 Å². The van der Waals surface area contributed by atoms with E-state index in [1.807, 2.05) is 0 Å². The lowest BCUT2D eigenvalue weighted by atomic mass is 9.75. The normalized spacial score (nSPS) is 23.1. The van der Waals surface area contributed by atoms with E-state index >= 15 is 14.4 Å². The number of aliphatic hydroxyl groups is 3. The molecule has 0 spiro atoms. The Kier molecular flexibility index (Phi) is 42.6. The molecule has 0 aliphatic carbocycles. The van der Waals surface area contributed by atoms with Gasteiger partial charge in [0.05, 0.1) is 37.8 Å². The van der Waals surface area contributed by atoms with E-state index in [1.54, 1.807) is 159 Å². The molecule has 0 saturated carbocycles. The average Bonchev–Trinajstić information content (AvgIpc) is 0.911. The number of carboxylic acids is 1. The quantitative estimate of drug-likeness (QED) is 0.0126. The number of primary amides is 1. The lowest BCUT2D eigenvalue weighted by Crippen LogP contribution is -2.64. The second-order valence-electron chi connectivity index (χ2n) is 31.5. The molecular weight excluding hydrogens is 1750 g/mol. The van der Waals surface area contributed by atoms with Crippen LogP contribution in [0.25, 0.3) is 10.9 Å². The standard InChI is InChI=1S/C76H104N18O19S2.C12H12N2O3/c1-41(79)64(100)82-37-61(99)83-58-39-114-115-40-59(76(112)113)92-72(108)57(38-95)91-75(111)63(43(3)97)94-71(107)54(33-46-23-11-6-12-24-46)90-74(110)62(42(2)96)93-66(102)51(28-16-18-30-78)84-69(105)55(34-47-36-81-49-26-14-13-25-48(47)49)88-68(104)53(32-45-21-9-5-10-22-45)86-67(103)52(31-44-19-7-4-8-20-44)87-70(106)56(35-60(80)98)89-65(101)50(85-73(58)109)27-15-17-29-77;1-2-12(8-6-4-3-5-7-8)9(15)13-11(17)14-10(12)16/h4-14,19-26,36,41-43,50-59,62-63,81,95-97H,15-18,27-35,37-40,77-79H2,1-3H3,(H2,80,98)(H,82,100)(H,83,99)(H,84,105)(H,85,109)(H,86,103)(H,87,106)(H,88,104)(H,89,101)(H,90,110)(H,91,111)(H,92,108)(H,93,102)(H,94,107)(H,112,113);3-7H,2H2,1H3,(H2,13,14,15,16,17)/t41-,42?,43?,50-,51-,52-,53-,54-,55-,56-,57-,58-,59-,62-,63-;/m0./s1. The van der Waals surface area contributed by atoms with Crippen molar-refractivity contribution in [3.63, 3.8) is 0 Å². The Bertz CT molecular complexity index is 4960. The number of aliphatic hydroxyl groups excluding tert-OH is 3. The number of urea groups is 1. The number of amides is 18. The molecule has 712 valence electrons. The first-order valence-corrected chi connectivity index (χ1v) is 45.2. The molecular formula is C88H116N20O22S2. The second kappa shape index (κ2) is 53.2. The number of barbiturate groups is 1. The highest BCUT2D eigenvalue weighted by Gasteiger charge is 2.50. The molecule has 15 atom stereocenters. The first-order chi connectivity index (χ1) is 63.0. The van der Waals surface area contributed by atoms with E-state index in [-0.39, 0.29) is 70.9 Å². The maximum Gasteiger partial charge on any atom is 0.328 e. The van der Waals surface area contributed by atoms with Gasteiger partial charge in [0.15, 0.2) is 5.41 Å². The van der Waals surface area contributed by atoms with E-state index in [0.717, 1.165) is 35.4 Å². The summed E-state index contributed by atoms with van der Waals surface area (Å²) in [6.07, 6.45) is -3.18. The van der Waals surface area contributed by atoms with Crippen molar-refractivity contribution in [1.29, 1.82) is 0 Å². The van der Waals surface area contributed by atoms with Gasteiger partial charge in [-0.15, -0.1) is 0 Å². The monoisotopic (exact) mass is 1870 g/mol. The fraction of sp³-hybridized carbons (Fsp3) is 0.432. The first kappa shape index (κ1) is 106. The molecule has 2 unspecified atom stereocenters. The van der Waals surface area contributed by atoms with Crippen molar-refractivity contribution < 1.29 is 107 Å². The van der Waals surface area contributed by atoms with Crippen LogP contribution in [-0.4, -0.2) is 260 Å². The SMILES string of the molecule is CC(O)[C@@H]1NC(=O)[C@H](Cc2ccccc2)NC(=O)[C@H](C(C)O)NC(=O)[C@H](CCCCN)NC(=O)[C@H](Cc2c[nH]c3ccccc23)NC(=O)[C@H](Cc2ccccc2)NC(=O)[C@H](Cc2ccccc2)NC(=O)[C@H](CC(N)=O)NC(=O)[C@H](CCCCN)NC(=O)[C@@H](NC(=O)CNC(=O)[C@H](C)N)CSSC[C@@H](C(=O)O)NC(=O)[C@H](CO)NC1=O.CCC1(c2ccccc2)C(=O)NC(=O)NC1=O. The molecule has 0 bridgehead atoms. The van der Waals surface area contributed by atoms with Crippen LogP contribution in [0.1, 0.15) is 107 Å². The number of nitrogens with one attached hydrogen (secondary N) is 16. The van der Waals surface area contributed by atoms with Crippen LogP contribution < -0.4 is 103 Å². The summed E-state index contributed by atoms with van der Waals surface area (Å²) in [5.41, 5.74) is 24.9. The Morgan fingerprint density at radius 1 is 0.470 bits per heavy atom. The number of aliphatic carboxylic acids is 1. The molecule has 2 saturated heterocycles. The number of benzene rings is 5. The topological polar surface area (TPSA) is 688 Å². The molecule has 18 amide bonds. The summed E-state index contributed by atoms with van der Waals surface area (Å²) in [7, 11) is 1.49. The van der Waals surface area contributed by atoms with E-state index in [4.69, 9.17) is 22.9 Å². The van der Waals surface area contributed by atoms with Crippen LogP contribution in [0, 0.1) is 0 Å². The molecule has 5 aromatic carbocycles. The predicted octanol–water partition coefficient (Wildman–Crippen LogP) is -4.21. The van der Waals surface area contributed by atoms with Crippen LogP contribution >= 0.6 is 21.6 Å². The van der Waals surface area contributed by atoms with Gasteiger partial charge in [-0.1, -0.05) is 168 Å². The van der Waals surface area contributed by atoms with E-state index in [9.17, 15) is 92.3 Å². The van der Waals surface area contributed by atoms with Gasteiger partial charge in [0.2, 0.25) is 94.5 Å². The van der Waals surface area contributed by atoms with Gasteiger partial charge in [-0.25, -0.2) is 9.59 Å². The number of hydrogen-bond acceptors (Lipinski definition) is 26. The maximum atomic E-state index is 15.4. The molecule has 8 rings (SSSR count). The summed E-state index contributed by atoms with van der Waals surface area (Å²) in [6.45, 7) is 3.61. The number of aromatic amines is 1. The van der Waals surface area contributed by atoms with Crippen molar-refractivity contribution in [2.45, 2.75) is 201 Å². The Morgan fingerprint density at radius 2 is 0.856 bits per heavy atom. The summed E-state index contributed by atoms with van der Waals surface area (Å²) in [5.74, 6) is -18.9. The van der Waals surface area contributed by atoms with Crippen molar-refractivity contribution in [3.8, 4) is 0 Å². The molecule has 6 aromatic rings. The number of carbonyl (C=O) groups excluding carboxylic acids is 17. The van der Waals surface area contributed by atoms with Crippen LogP contribution in [0.2, 0.25) is 0 Å². The number of rotatable bonds is 28. The number of carboxylic acid groups (broad SMARTS) is 1. The Labute approximate surface area is 767 Å². The number of carbonyl (C=O) groups is 18. The minimum Gasteiger partial charge on any atom is -0.480 e. The fourth-order valence-electron chi connectivity index (χ4n) is 14.0. The molecule has 132 heavy (non-hydrogen) atoms. The minimum atomic E-state index is -1.99. The van der Waals surface area contributed by atoms with Gasteiger partial charge < -0.3 is 117 Å². The van der Waals surface area contributed by atoms with Gasteiger partial charge in [0.1, 0.15) is 72.5 Å². The Morgan fingerprint density at radius 3 is 1.30 bits per heavy atom. The minimum absolute atomic E-state index is 0.104. The number of fused-ring (bicyclic) bond motifs is 1. The summed E-state index contributed by atoms with van der Waals surface area (Å²) in [4.78, 5) is 252. The van der Waals surface area contributed by atoms with Crippen molar-refractivity contribution in [1.82, 2.24) is 84.7 Å². The van der Waals surface area contributed by atoms with Crippen LogP contribution in [0.3, 0.4) is 0 Å². The summed E-state index contributed by atoms with van der Waals surface area (Å²) < 4.78 is 0. The van der Waals surface area contributed by atoms with Gasteiger partial charge in [-0.3, -0.25) is 87.3 Å². The number of H-pyrrole nitrogens is 1. The Balaban J connectivity index is 0.00000124. The third-order valence-corrected chi connectivity index (χ3v) is 23.7. The number of hydrogen-bond donors (Lipinski definition) is 24. The van der Waals surface area contributed by atoms with Crippen molar-refractivity contribution in [3.05, 3.63) is 180 Å². The second-order valence-corrected chi connectivity index (χ2v) is 34.0. The predicted molar refractivity (Wildman–Crippen MR) is 485 cm³/mol. The third-order valence-electron chi connectivity index (χ3n) is 21.3. The zero-order chi connectivity index (χ0) is 96.7. The third kappa shape index (κ3) is 32.4. The van der Waals surface area contributed by atoms with E-state index < -0.39 is 234 Å². The van der Waals surface area contributed by atoms with Crippen LogP contribution in [0.5, 0.6) is 0 Å². The molecule has 3 heterocycles. The largest absolute Gasteiger partial charge is 0.480 e. The summed E-state index contributed by atoms with van der Waals surface area (Å²) in [6, 6.07) is 17.5. The molecule has 44 heteroatoms. The van der Waals surface area contributed by atoms with Crippen LogP contribution in [0.15, 0.2) is 152 Å². The molecule has 0 radical (unpaired) electrons.